The molecule has 0 saturated carbocycles. The highest BCUT2D eigenvalue weighted by Gasteiger charge is 2.41. The molecular weight excluding hydrogens is 414 g/mol. The van der Waals surface area contributed by atoms with Crippen LogP contribution in [0.2, 0.25) is 0 Å². The zero-order valence-corrected chi connectivity index (χ0v) is 17.0. The van der Waals surface area contributed by atoms with Crippen LogP contribution in [-0.4, -0.2) is 52.4 Å². The summed E-state index contributed by atoms with van der Waals surface area (Å²) in [5, 5.41) is 22.7. The summed E-state index contributed by atoms with van der Waals surface area (Å²) >= 11 is 1.23. The van der Waals surface area contributed by atoms with Crippen LogP contribution in [0.4, 0.5) is 5.69 Å². The zero-order chi connectivity index (χ0) is 21.8. The van der Waals surface area contributed by atoms with E-state index in [0.29, 0.717) is 22.1 Å². The number of nitro benzene ring substituents is 1. The number of aliphatic carboxylic acids is 1. The van der Waals surface area contributed by atoms with Gasteiger partial charge in [-0.25, -0.2) is 9.79 Å². The molecule has 0 aromatic heterocycles. The number of amidine groups is 1. The third-order valence-electron chi connectivity index (χ3n) is 4.47. The maximum Gasteiger partial charge on any atom is 0.338 e. The summed E-state index contributed by atoms with van der Waals surface area (Å²) in [6.07, 6.45) is -0.289. The number of aliphatic imine (C=N–C) groups is 1. The van der Waals surface area contributed by atoms with Gasteiger partial charge in [0, 0.05) is 24.9 Å². The highest BCUT2D eigenvalue weighted by molar-refractivity contribution is 8.16. The van der Waals surface area contributed by atoms with Crippen molar-refractivity contribution in [3.63, 3.8) is 0 Å². The van der Waals surface area contributed by atoms with E-state index in [4.69, 9.17) is 9.47 Å². The molecule has 1 aromatic carbocycles. The van der Waals surface area contributed by atoms with E-state index in [9.17, 15) is 24.8 Å². The van der Waals surface area contributed by atoms with Crippen LogP contribution >= 0.6 is 11.8 Å². The first-order chi connectivity index (χ1) is 14.3. The molecule has 0 spiro atoms. The number of ether oxygens (including phenoxy) is 2. The molecule has 0 fully saturated rings. The lowest BCUT2D eigenvalue weighted by Gasteiger charge is -2.36. The van der Waals surface area contributed by atoms with Crippen molar-refractivity contribution in [3.8, 4) is 0 Å². The Bertz CT molecular complexity index is 986. The van der Waals surface area contributed by atoms with Gasteiger partial charge < -0.3 is 19.5 Å². The van der Waals surface area contributed by atoms with Gasteiger partial charge in [-0.3, -0.25) is 14.9 Å². The molecule has 1 aromatic rings. The van der Waals surface area contributed by atoms with Gasteiger partial charge in [0.2, 0.25) is 0 Å². The number of hydrogen-bond donors (Lipinski definition) is 1. The zero-order valence-electron chi connectivity index (χ0n) is 16.2. The largest absolute Gasteiger partial charge is 0.481 e. The number of carbonyl (C=O) groups excluding carboxylic acids is 1. The normalized spacial score (nSPS) is 17.9. The van der Waals surface area contributed by atoms with Gasteiger partial charge in [0.1, 0.15) is 6.61 Å². The lowest BCUT2D eigenvalue weighted by molar-refractivity contribution is -0.384. The molecular formula is C19H19N3O7S. The number of thioether (sulfide) groups is 1. The molecule has 1 unspecified atom stereocenters. The lowest BCUT2D eigenvalue weighted by atomic mass is 9.93. The third kappa shape index (κ3) is 4.36. The van der Waals surface area contributed by atoms with Gasteiger partial charge in [0.15, 0.2) is 5.17 Å². The Balaban J connectivity index is 2.09. The molecule has 2 heterocycles. The number of allylic oxidation sites excluding steroid dienone is 1. The van der Waals surface area contributed by atoms with E-state index in [1.165, 1.54) is 37.1 Å². The van der Waals surface area contributed by atoms with Crippen LogP contribution in [0.3, 0.4) is 0 Å². The van der Waals surface area contributed by atoms with Crippen LogP contribution in [0.25, 0.3) is 0 Å². The fourth-order valence-corrected chi connectivity index (χ4v) is 4.17. The fraction of sp³-hybridized carbons (Fsp3) is 0.316. The van der Waals surface area contributed by atoms with E-state index < -0.39 is 22.9 Å². The lowest BCUT2D eigenvalue weighted by Crippen LogP contribution is -2.37. The average molecular weight is 433 g/mol. The number of carboxylic acids is 1. The summed E-state index contributed by atoms with van der Waals surface area (Å²) in [5.41, 5.74) is 1.33. The van der Waals surface area contributed by atoms with Crippen molar-refractivity contribution in [1.29, 1.82) is 0 Å². The van der Waals surface area contributed by atoms with Gasteiger partial charge in [-0.2, -0.15) is 0 Å². The molecule has 0 saturated heterocycles. The molecule has 2 aliphatic heterocycles. The number of fused-ring (bicyclic) bond motifs is 1. The molecule has 1 N–H and O–H groups in total. The first kappa shape index (κ1) is 21.5. The van der Waals surface area contributed by atoms with E-state index in [2.05, 4.69) is 4.99 Å². The van der Waals surface area contributed by atoms with Crippen LogP contribution in [0.15, 0.2) is 51.6 Å². The number of carbonyl (C=O) groups is 2. The van der Waals surface area contributed by atoms with Gasteiger partial charge in [-0.1, -0.05) is 23.9 Å². The summed E-state index contributed by atoms with van der Waals surface area (Å²) in [6, 6.07) is 5.07. The van der Waals surface area contributed by atoms with Crippen molar-refractivity contribution >= 4 is 34.6 Å². The minimum atomic E-state index is -1.05. The van der Waals surface area contributed by atoms with Crippen molar-refractivity contribution in [3.05, 3.63) is 62.3 Å². The number of nitrogens with zero attached hydrogens (tertiary/aromatic N) is 3. The Morgan fingerprint density at radius 2 is 2.13 bits per heavy atom. The number of benzene rings is 1. The number of methoxy groups -OCH3 is 1. The molecule has 0 amide bonds. The summed E-state index contributed by atoms with van der Waals surface area (Å²) < 4.78 is 10.2. The smallest absolute Gasteiger partial charge is 0.338 e. The standard InChI is InChI=1S/C19H19N3O7S/c1-11-16(18(25)29-7-6-28-2)17(12-4-3-5-13(8-12)22(26)27)21-14(9-15(23)24)10-30-19(21)20-11/h3-5,8,10,17H,6-7,9H2,1-2H3,(H,23,24). The Morgan fingerprint density at radius 3 is 2.80 bits per heavy atom. The van der Waals surface area contributed by atoms with Crippen molar-refractivity contribution in [2.75, 3.05) is 20.3 Å². The molecule has 30 heavy (non-hydrogen) atoms. The molecule has 2 aliphatic rings. The molecule has 0 aliphatic carbocycles. The first-order valence-electron chi connectivity index (χ1n) is 8.90. The SMILES string of the molecule is COCCOC(=O)C1=C(C)N=C2SC=C(CC(=O)O)N2C1c1cccc([N+](=O)[O-])c1. The quantitative estimate of drug-likeness (QED) is 0.284. The van der Waals surface area contributed by atoms with E-state index >= 15 is 0 Å². The van der Waals surface area contributed by atoms with E-state index in [1.807, 2.05) is 0 Å². The second-order valence-electron chi connectivity index (χ2n) is 6.44. The molecule has 3 rings (SSSR count). The Kier molecular flexibility index (Phi) is 6.53. The molecule has 158 valence electrons. The Hall–Kier alpha value is -3.18. The first-order valence-corrected chi connectivity index (χ1v) is 9.78. The van der Waals surface area contributed by atoms with E-state index in [0.717, 1.165) is 0 Å². The summed E-state index contributed by atoms with van der Waals surface area (Å²) in [5.74, 6) is -1.69. The van der Waals surface area contributed by atoms with Crippen molar-refractivity contribution < 1.29 is 29.1 Å². The maximum absolute atomic E-state index is 12.9. The minimum absolute atomic E-state index is 0.0247. The topological polar surface area (TPSA) is 132 Å². The van der Waals surface area contributed by atoms with Crippen molar-refractivity contribution in [2.45, 2.75) is 19.4 Å². The predicted molar refractivity (Wildman–Crippen MR) is 109 cm³/mol. The second-order valence-corrected chi connectivity index (χ2v) is 7.28. The number of hydrogen-bond acceptors (Lipinski definition) is 9. The molecule has 10 nitrogen and oxygen atoms in total. The minimum Gasteiger partial charge on any atom is -0.481 e. The number of esters is 1. The number of nitro groups is 1. The van der Waals surface area contributed by atoms with E-state index in [1.54, 1.807) is 23.3 Å². The van der Waals surface area contributed by atoms with Crippen LogP contribution in [0.5, 0.6) is 0 Å². The Labute approximate surface area is 176 Å². The fourth-order valence-electron chi connectivity index (χ4n) is 3.21. The second kappa shape index (κ2) is 9.09. The van der Waals surface area contributed by atoms with Crippen molar-refractivity contribution in [2.24, 2.45) is 4.99 Å². The van der Waals surface area contributed by atoms with Crippen LogP contribution < -0.4 is 0 Å². The van der Waals surface area contributed by atoms with Gasteiger partial charge in [0.25, 0.3) is 5.69 Å². The highest BCUT2D eigenvalue weighted by atomic mass is 32.2. The number of carboxylic acid groups (broad SMARTS) is 1. The molecule has 1 atom stereocenters. The van der Waals surface area contributed by atoms with Crippen molar-refractivity contribution in [1.82, 2.24) is 4.90 Å². The number of rotatable bonds is 8. The van der Waals surface area contributed by atoms with Gasteiger partial charge in [-0.15, -0.1) is 0 Å². The summed E-state index contributed by atoms with van der Waals surface area (Å²) in [7, 11) is 1.48. The monoisotopic (exact) mass is 433 g/mol. The molecule has 11 heteroatoms. The van der Waals surface area contributed by atoms with E-state index in [-0.39, 0.29) is 30.9 Å². The van der Waals surface area contributed by atoms with Crippen LogP contribution in [0.1, 0.15) is 24.9 Å². The van der Waals surface area contributed by atoms with Crippen LogP contribution in [-0.2, 0) is 19.1 Å². The van der Waals surface area contributed by atoms with Crippen LogP contribution in [0, 0.1) is 10.1 Å². The van der Waals surface area contributed by atoms with Gasteiger partial charge in [0.05, 0.1) is 35.3 Å². The highest BCUT2D eigenvalue weighted by Crippen LogP contribution is 2.45. The van der Waals surface area contributed by atoms with Gasteiger partial charge >= 0.3 is 11.9 Å². The average Bonchev–Trinajstić information content (AvgIpc) is 3.08. The summed E-state index contributed by atoms with van der Waals surface area (Å²) in [4.78, 5) is 41.1. The predicted octanol–water partition coefficient (Wildman–Crippen LogP) is 2.83. The van der Waals surface area contributed by atoms with Gasteiger partial charge in [-0.05, 0) is 17.9 Å². The Morgan fingerprint density at radius 1 is 1.37 bits per heavy atom. The number of non-ortho nitro benzene ring substituents is 1. The maximum atomic E-state index is 12.9. The summed E-state index contributed by atoms with van der Waals surface area (Å²) in [6.45, 7) is 1.88. The molecule has 0 radical (unpaired) electrons. The molecule has 0 bridgehead atoms. The third-order valence-corrected chi connectivity index (χ3v) is 5.36.